The van der Waals surface area contributed by atoms with Crippen molar-refractivity contribution in [2.45, 2.75) is 75.0 Å². The van der Waals surface area contributed by atoms with Gasteiger partial charge in [0.05, 0.1) is 12.0 Å². The number of phenolic OH excluding ortho intramolecular Hbond substituents is 2. The number of nitrogen functional groups attached to an aromatic ring is 1. The molecule has 0 saturated heterocycles. The standard InChI is InChI=1S/C46H48N4O8/c1-24(52)55-22-33-30-8-9-31-40-28(16-29(53)18-37(40)56-23-51)20-46-14-13-25(19-46)15-26-7-12-39(47)50-34(26)6-4-5-27-17-36(54)43-32(41(27)44(33)58-45(30)42(31)46)10-11-35(49-3)38(57-43)21-48-2/h7-12,16-18,25,33,35,38,44,48-49,51,53-54H,5,13-15,19-23H2,1-3H3,(H2,47,50)/t25-,33-,35-,38-,44-,46-/m0/s1. The molecule has 3 aliphatic heterocycles. The van der Waals surface area contributed by atoms with Gasteiger partial charge in [-0.3, -0.25) is 4.79 Å². The van der Waals surface area contributed by atoms with Crippen molar-refractivity contribution in [1.82, 2.24) is 15.6 Å². The molecule has 7 N–H and O–H groups in total. The molecule has 0 amide bonds. The van der Waals surface area contributed by atoms with Gasteiger partial charge in [0.25, 0.3) is 0 Å². The van der Waals surface area contributed by atoms with Crippen molar-refractivity contribution in [1.29, 1.82) is 0 Å². The molecule has 1 aromatic heterocycles. The summed E-state index contributed by atoms with van der Waals surface area (Å²) < 4.78 is 25.7. The van der Waals surface area contributed by atoms with E-state index in [2.05, 4.69) is 28.5 Å². The van der Waals surface area contributed by atoms with Crippen LogP contribution in [0, 0.1) is 17.8 Å². The number of hydrogen-bond acceptors (Lipinski definition) is 12. The highest BCUT2D eigenvalue weighted by Crippen LogP contribution is 2.63. The molecule has 1 fully saturated rings. The Morgan fingerprint density at radius 1 is 1.09 bits per heavy atom. The number of likely N-dealkylation sites (N-methyl/N-ethyl adjacent to an activating group) is 2. The number of benzene rings is 3. The first-order valence-electron chi connectivity index (χ1n) is 20.0. The normalized spacial score (nSPS) is 24.5. The number of aromatic hydroxyl groups is 2. The zero-order chi connectivity index (χ0) is 40.3. The van der Waals surface area contributed by atoms with Gasteiger partial charge in [-0.2, -0.15) is 0 Å². The summed E-state index contributed by atoms with van der Waals surface area (Å²) in [6.07, 6.45) is 7.24. The van der Waals surface area contributed by atoms with Crippen molar-refractivity contribution in [3.63, 3.8) is 0 Å². The number of fused-ring (bicyclic) bond motifs is 9. The number of carbonyl (C=O) groups excluding carboxylic acids is 1. The molecule has 12 heteroatoms. The van der Waals surface area contributed by atoms with Crippen LogP contribution in [0.25, 0.3) is 17.2 Å². The lowest BCUT2D eigenvalue weighted by Gasteiger charge is -2.39. The van der Waals surface area contributed by atoms with E-state index in [9.17, 15) is 20.1 Å². The minimum absolute atomic E-state index is 0.0179. The number of anilines is 1. The molecular formula is C46H48N4O8. The van der Waals surface area contributed by atoms with Gasteiger partial charge in [0.1, 0.15) is 47.6 Å². The van der Waals surface area contributed by atoms with Crippen molar-refractivity contribution < 1.29 is 39.1 Å². The van der Waals surface area contributed by atoms with Gasteiger partial charge in [0, 0.05) is 59.2 Å². The van der Waals surface area contributed by atoms with Gasteiger partial charge in [-0.05, 0) is 98.5 Å². The Bertz CT molecular complexity index is 2420. The van der Waals surface area contributed by atoms with E-state index in [1.807, 2.05) is 50.5 Å². The number of phenols is 2. The molecule has 4 aromatic rings. The number of rotatable bonds is 7. The molecule has 5 aliphatic rings. The van der Waals surface area contributed by atoms with E-state index in [-0.39, 0.29) is 42.6 Å². The van der Waals surface area contributed by atoms with Crippen LogP contribution < -0.4 is 30.6 Å². The first-order valence-corrected chi connectivity index (χ1v) is 20.0. The second kappa shape index (κ2) is 14.9. The molecule has 1 spiro atoms. The van der Waals surface area contributed by atoms with Crippen LogP contribution in [0.1, 0.15) is 82.8 Å². The average molecular weight is 785 g/mol. The fourth-order valence-corrected chi connectivity index (χ4v) is 10.3. The van der Waals surface area contributed by atoms with Crippen molar-refractivity contribution in [2.75, 3.05) is 39.8 Å². The Morgan fingerprint density at radius 2 is 1.95 bits per heavy atom. The number of nitrogens with one attached hydrogen (secondary N) is 2. The van der Waals surface area contributed by atoms with E-state index in [1.165, 1.54) is 6.92 Å². The quantitative estimate of drug-likeness (QED) is 0.0824. The van der Waals surface area contributed by atoms with Crippen LogP contribution in [-0.4, -0.2) is 72.5 Å². The lowest BCUT2D eigenvalue weighted by molar-refractivity contribution is -0.141. The summed E-state index contributed by atoms with van der Waals surface area (Å²) in [6, 6.07) is 12.9. The van der Waals surface area contributed by atoms with E-state index in [0.717, 1.165) is 75.9 Å². The highest BCUT2D eigenvalue weighted by atomic mass is 16.6. The maximum absolute atomic E-state index is 12.5. The summed E-state index contributed by atoms with van der Waals surface area (Å²) >= 11 is 0. The molecule has 3 aromatic carbocycles. The van der Waals surface area contributed by atoms with Gasteiger partial charge in [-0.15, -0.1) is 0 Å². The van der Waals surface area contributed by atoms with Crippen molar-refractivity contribution in [3.05, 3.63) is 93.2 Å². The first-order chi connectivity index (χ1) is 28.1. The van der Waals surface area contributed by atoms with Gasteiger partial charge >= 0.3 is 5.97 Å². The SMILES string of the molecule is CNC[C@@H]1Oc2c(O)cc3c(c2C=C[C@@H]1NC)[C@H]1Oc2c(ccc4c2[C@]2(CC[C@@H](Cc5ccc(N)nc5C#CC3)C2)Cc2cc(O)cc(OCO)c2-4)[C@@H]1COC(C)=O. The second-order valence-electron chi connectivity index (χ2n) is 16.2. The van der Waals surface area contributed by atoms with Gasteiger partial charge in [0.15, 0.2) is 18.3 Å². The van der Waals surface area contributed by atoms with Gasteiger partial charge < -0.3 is 50.6 Å². The van der Waals surface area contributed by atoms with Crippen LogP contribution in [0.2, 0.25) is 0 Å². The number of carbonyl (C=O) groups is 1. The summed E-state index contributed by atoms with van der Waals surface area (Å²) in [5.41, 5.74) is 14.3. The Labute approximate surface area is 337 Å². The zero-order valence-electron chi connectivity index (χ0n) is 32.9. The molecule has 0 radical (unpaired) electrons. The Balaban J connectivity index is 1.33. The third kappa shape index (κ3) is 6.38. The minimum atomic E-state index is -0.677. The second-order valence-corrected chi connectivity index (χ2v) is 16.2. The number of nitrogens with two attached hydrogens (primary N) is 1. The van der Waals surface area contributed by atoms with Gasteiger partial charge in [0.2, 0.25) is 0 Å². The van der Waals surface area contributed by atoms with Crippen molar-refractivity contribution >= 4 is 17.9 Å². The van der Waals surface area contributed by atoms with Crippen LogP contribution >= 0.6 is 0 Å². The maximum atomic E-state index is 12.5. The third-order valence-electron chi connectivity index (χ3n) is 12.7. The summed E-state index contributed by atoms with van der Waals surface area (Å²) in [5, 5.41) is 39.2. The minimum Gasteiger partial charge on any atom is -0.508 e. The predicted molar refractivity (Wildman–Crippen MR) is 218 cm³/mol. The van der Waals surface area contributed by atoms with E-state index in [0.29, 0.717) is 41.5 Å². The lowest BCUT2D eigenvalue weighted by atomic mass is 9.65. The highest BCUT2D eigenvalue weighted by Gasteiger charge is 2.51. The first kappa shape index (κ1) is 37.8. The van der Waals surface area contributed by atoms with Gasteiger partial charge in [-0.1, -0.05) is 36.3 Å². The molecule has 58 heavy (non-hydrogen) atoms. The maximum Gasteiger partial charge on any atom is 0.302 e. The third-order valence-corrected chi connectivity index (χ3v) is 12.7. The van der Waals surface area contributed by atoms with Crippen LogP contribution in [0.5, 0.6) is 28.7 Å². The topological polar surface area (TPSA) is 178 Å². The molecule has 12 nitrogen and oxygen atoms in total. The molecule has 0 unspecified atom stereocenters. The molecule has 4 heterocycles. The molecule has 9 rings (SSSR count). The smallest absolute Gasteiger partial charge is 0.302 e. The number of nitrogens with zero attached hydrogens (tertiary/aromatic N) is 1. The molecule has 2 aliphatic carbocycles. The molecule has 6 atom stereocenters. The summed E-state index contributed by atoms with van der Waals surface area (Å²) in [7, 11) is 3.73. The number of aliphatic hydroxyl groups is 1. The number of hydrogen-bond donors (Lipinski definition) is 6. The number of esters is 1. The van der Waals surface area contributed by atoms with E-state index < -0.39 is 30.2 Å². The average Bonchev–Trinajstić information content (AvgIpc) is 3.69. The van der Waals surface area contributed by atoms with Crippen molar-refractivity contribution in [3.8, 4) is 51.7 Å². The van der Waals surface area contributed by atoms with Gasteiger partial charge in [-0.25, -0.2) is 4.98 Å². The summed E-state index contributed by atoms with van der Waals surface area (Å²) in [6.45, 7) is 1.42. The van der Waals surface area contributed by atoms with E-state index in [4.69, 9.17) is 29.7 Å². The van der Waals surface area contributed by atoms with Crippen LogP contribution in [-0.2, 0) is 34.2 Å². The Morgan fingerprint density at radius 3 is 2.74 bits per heavy atom. The number of aliphatic hydroxyl groups excluding tert-OH is 1. The molecule has 300 valence electrons. The zero-order valence-corrected chi connectivity index (χ0v) is 32.9. The number of ether oxygens (including phenoxy) is 4. The Hall–Kier alpha value is -5.74. The van der Waals surface area contributed by atoms with Crippen molar-refractivity contribution in [2.24, 2.45) is 5.92 Å². The van der Waals surface area contributed by atoms with Crippen LogP contribution in [0.4, 0.5) is 5.82 Å². The highest BCUT2D eigenvalue weighted by molar-refractivity contribution is 5.84. The number of pyridine rings is 1. The largest absolute Gasteiger partial charge is 0.508 e. The van der Waals surface area contributed by atoms with Crippen LogP contribution in [0.3, 0.4) is 0 Å². The summed E-state index contributed by atoms with van der Waals surface area (Å²) in [5.74, 6) is 8.05. The lowest BCUT2D eigenvalue weighted by Crippen LogP contribution is -2.44. The fourth-order valence-electron chi connectivity index (χ4n) is 10.3. The Kier molecular flexibility index (Phi) is 9.71. The monoisotopic (exact) mass is 784 g/mol. The summed E-state index contributed by atoms with van der Waals surface area (Å²) in [4.78, 5) is 17.2. The fraction of sp³-hybridized carbons (Fsp3) is 0.391. The van der Waals surface area contributed by atoms with E-state index in [1.54, 1.807) is 12.1 Å². The van der Waals surface area contributed by atoms with Crippen LogP contribution in [0.15, 0.2) is 48.5 Å². The predicted octanol–water partition coefficient (Wildman–Crippen LogP) is 5.18. The molecular weight excluding hydrogens is 737 g/mol. The van der Waals surface area contributed by atoms with E-state index >= 15 is 0 Å². The molecule has 4 bridgehead atoms. The number of aromatic nitrogens is 1. The molecule has 1 saturated carbocycles.